The minimum Gasteiger partial charge on any atom is -0.326 e. The molecule has 1 atom stereocenters. The highest BCUT2D eigenvalue weighted by Gasteiger charge is 2.20. The van der Waals surface area contributed by atoms with Crippen molar-refractivity contribution in [3.05, 3.63) is 29.8 Å². The number of rotatable bonds is 5. The fourth-order valence-corrected chi connectivity index (χ4v) is 3.97. The number of likely N-dealkylation sites (tertiary alicyclic amines) is 1. The van der Waals surface area contributed by atoms with Crippen LogP contribution in [-0.2, 0) is 16.4 Å². The van der Waals surface area contributed by atoms with E-state index in [1.54, 1.807) is 24.3 Å². The summed E-state index contributed by atoms with van der Waals surface area (Å²) in [7, 11) is -3.18. The molecule has 0 bridgehead atoms. The molecule has 1 heterocycles. The summed E-state index contributed by atoms with van der Waals surface area (Å²) in [5.41, 5.74) is 6.47. The number of nitrogens with zero attached hydrogens (tertiary/aromatic N) is 1. The van der Waals surface area contributed by atoms with E-state index in [0.717, 1.165) is 18.7 Å². The molecule has 0 spiro atoms. The Bertz CT molecular complexity index is 525. The van der Waals surface area contributed by atoms with Crippen LogP contribution >= 0.6 is 0 Å². The molecule has 1 unspecified atom stereocenters. The Balaban J connectivity index is 1.96. The Morgan fingerprint density at radius 3 is 2.60 bits per heavy atom. The predicted molar refractivity (Wildman–Crippen MR) is 81.2 cm³/mol. The van der Waals surface area contributed by atoms with Gasteiger partial charge in [0.2, 0.25) is 0 Å². The van der Waals surface area contributed by atoms with E-state index in [4.69, 9.17) is 5.73 Å². The second-order valence-corrected chi connectivity index (χ2v) is 7.82. The van der Waals surface area contributed by atoms with Gasteiger partial charge in [-0.2, -0.15) is 0 Å². The van der Waals surface area contributed by atoms with Gasteiger partial charge in [-0.1, -0.05) is 19.1 Å². The van der Waals surface area contributed by atoms with Crippen LogP contribution < -0.4 is 5.73 Å². The van der Waals surface area contributed by atoms with Crippen molar-refractivity contribution in [1.82, 2.24) is 4.90 Å². The molecular weight excluding hydrogens is 272 g/mol. The average Bonchev–Trinajstić information content (AvgIpc) is 2.45. The Kier molecular flexibility index (Phi) is 5.18. The Labute approximate surface area is 121 Å². The molecule has 1 aliphatic rings. The molecule has 0 aliphatic carbocycles. The normalized spacial score (nSPS) is 21.0. The molecule has 1 saturated heterocycles. The van der Waals surface area contributed by atoms with Gasteiger partial charge in [-0.25, -0.2) is 8.42 Å². The van der Waals surface area contributed by atoms with E-state index in [-0.39, 0.29) is 5.75 Å². The topological polar surface area (TPSA) is 63.4 Å². The summed E-state index contributed by atoms with van der Waals surface area (Å²) in [5.74, 6) is 0.872. The molecule has 1 fully saturated rings. The van der Waals surface area contributed by atoms with Crippen molar-refractivity contribution in [1.29, 1.82) is 0 Å². The van der Waals surface area contributed by atoms with Crippen LogP contribution in [0, 0.1) is 5.92 Å². The highest BCUT2D eigenvalue weighted by atomic mass is 32.2. The van der Waals surface area contributed by atoms with Gasteiger partial charge < -0.3 is 10.6 Å². The van der Waals surface area contributed by atoms with Crippen molar-refractivity contribution < 1.29 is 8.42 Å². The highest BCUT2D eigenvalue weighted by Crippen LogP contribution is 2.17. The third-order valence-electron chi connectivity index (χ3n) is 3.94. The van der Waals surface area contributed by atoms with E-state index in [1.165, 1.54) is 12.8 Å². The molecule has 5 heteroatoms. The summed E-state index contributed by atoms with van der Waals surface area (Å²) >= 11 is 0. The molecule has 112 valence electrons. The van der Waals surface area contributed by atoms with E-state index < -0.39 is 9.84 Å². The second kappa shape index (κ2) is 6.70. The first-order valence-corrected chi connectivity index (χ1v) is 8.90. The molecule has 2 rings (SSSR count). The van der Waals surface area contributed by atoms with E-state index in [0.29, 0.717) is 23.9 Å². The van der Waals surface area contributed by atoms with Crippen LogP contribution in [0.15, 0.2) is 29.2 Å². The third kappa shape index (κ3) is 4.04. The summed E-state index contributed by atoms with van der Waals surface area (Å²) in [6, 6.07) is 6.90. The lowest BCUT2D eigenvalue weighted by Gasteiger charge is -2.30. The summed E-state index contributed by atoms with van der Waals surface area (Å²) < 4.78 is 24.6. The van der Waals surface area contributed by atoms with Gasteiger partial charge >= 0.3 is 0 Å². The Morgan fingerprint density at radius 2 is 2.00 bits per heavy atom. The first-order chi connectivity index (χ1) is 9.51. The molecule has 0 saturated carbocycles. The predicted octanol–water partition coefficient (Wildman–Crippen LogP) is 1.65. The zero-order valence-electron chi connectivity index (χ0n) is 12.1. The summed E-state index contributed by atoms with van der Waals surface area (Å²) in [4.78, 5) is 2.67. The summed E-state index contributed by atoms with van der Waals surface area (Å²) in [6.45, 7) is 5.33. The van der Waals surface area contributed by atoms with Gasteiger partial charge in [-0.15, -0.1) is 0 Å². The third-order valence-corrected chi connectivity index (χ3v) is 5.65. The quantitative estimate of drug-likeness (QED) is 0.897. The maximum Gasteiger partial charge on any atom is 0.179 e. The van der Waals surface area contributed by atoms with Gasteiger partial charge in [0.15, 0.2) is 9.84 Å². The van der Waals surface area contributed by atoms with Crippen LogP contribution in [0.2, 0.25) is 0 Å². The first kappa shape index (κ1) is 15.5. The number of benzene rings is 1. The van der Waals surface area contributed by atoms with Crippen molar-refractivity contribution in [3.8, 4) is 0 Å². The van der Waals surface area contributed by atoms with Crippen LogP contribution in [0.4, 0.5) is 0 Å². The van der Waals surface area contributed by atoms with Crippen LogP contribution in [-0.4, -0.2) is 38.7 Å². The fourth-order valence-electron chi connectivity index (χ4n) is 2.69. The van der Waals surface area contributed by atoms with Gasteiger partial charge in [0, 0.05) is 19.6 Å². The minimum atomic E-state index is -3.18. The van der Waals surface area contributed by atoms with Crippen LogP contribution in [0.25, 0.3) is 0 Å². The first-order valence-electron chi connectivity index (χ1n) is 7.25. The summed E-state index contributed by atoms with van der Waals surface area (Å²) in [6.07, 6.45) is 2.43. The molecule has 1 aromatic rings. The highest BCUT2D eigenvalue weighted by molar-refractivity contribution is 7.91. The fraction of sp³-hybridized carbons (Fsp3) is 0.600. The number of nitrogens with two attached hydrogens (primary N) is 1. The second-order valence-electron chi connectivity index (χ2n) is 5.71. The molecule has 0 amide bonds. The smallest absolute Gasteiger partial charge is 0.179 e. The average molecular weight is 296 g/mol. The van der Waals surface area contributed by atoms with Gasteiger partial charge in [-0.05, 0) is 43.0 Å². The zero-order valence-corrected chi connectivity index (χ0v) is 12.9. The molecule has 0 radical (unpaired) electrons. The van der Waals surface area contributed by atoms with Crippen LogP contribution in [0.5, 0.6) is 0 Å². The SMILES string of the molecule is CC1CCCN(CCS(=O)(=O)c2ccc(CN)cc2)C1. The van der Waals surface area contributed by atoms with Crippen molar-refractivity contribution in [3.63, 3.8) is 0 Å². The minimum absolute atomic E-state index is 0.196. The lowest BCUT2D eigenvalue weighted by Crippen LogP contribution is -2.37. The number of sulfone groups is 1. The Morgan fingerprint density at radius 1 is 1.30 bits per heavy atom. The van der Waals surface area contributed by atoms with E-state index in [9.17, 15) is 8.42 Å². The summed E-state index contributed by atoms with van der Waals surface area (Å²) in [5, 5.41) is 0. The van der Waals surface area contributed by atoms with Crippen LogP contribution in [0.3, 0.4) is 0 Å². The molecule has 4 nitrogen and oxygen atoms in total. The lowest BCUT2D eigenvalue weighted by atomic mass is 10.0. The lowest BCUT2D eigenvalue weighted by molar-refractivity contribution is 0.193. The van der Waals surface area contributed by atoms with Crippen molar-refractivity contribution in [2.24, 2.45) is 11.7 Å². The van der Waals surface area contributed by atoms with Gasteiger partial charge in [0.1, 0.15) is 0 Å². The zero-order chi connectivity index (χ0) is 14.6. The maximum atomic E-state index is 12.3. The van der Waals surface area contributed by atoms with Crippen molar-refractivity contribution >= 4 is 9.84 Å². The number of piperidine rings is 1. The molecule has 20 heavy (non-hydrogen) atoms. The van der Waals surface area contributed by atoms with E-state index >= 15 is 0 Å². The van der Waals surface area contributed by atoms with Crippen molar-refractivity contribution in [2.45, 2.75) is 31.2 Å². The van der Waals surface area contributed by atoms with Crippen molar-refractivity contribution in [2.75, 3.05) is 25.4 Å². The molecule has 1 aliphatic heterocycles. The number of hydrogen-bond donors (Lipinski definition) is 1. The molecular formula is C15H24N2O2S. The standard InChI is InChI=1S/C15H24N2O2S/c1-13-3-2-8-17(12-13)9-10-20(18,19)15-6-4-14(11-16)5-7-15/h4-7,13H,2-3,8-12,16H2,1H3. The van der Waals surface area contributed by atoms with E-state index in [1.807, 2.05) is 0 Å². The van der Waals surface area contributed by atoms with Gasteiger partial charge in [0.05, 0.1) is 10.6 Å². The van der Waals surface area contributed by atoms with E-state index in [2.05, 4.69) is 11.8 Å². The number of hydrogen-bond acceptors (Lipinski definition) is 4. The molecule has 0 aromatic heterocycles. The van der Waals surface area contributed by atoms with Gasteiger partial charge in [0.25, 0.3) is 0 Å². The molecule has 2 N–H and O–H groups in total. The largest absolute Gasteiger partial charge is 0.326 e. The Hall–Kier alpha value is -0.910. The molecule has 1 aromatic carbocycles. The van der Waals surface area contributed by atoms with Crippen LogP contribution in [0.1, 0.15) is 25.3 Å². The maximum absolute atomic E-state index is 12.3. The monoisotopic (exact) mass is 296 g/mol. The van der Waals surface area contributed by atoms with Gasteiger partial charge in [-0.3, -0.25) is 0 Å².